The van der Waals surface area contributed by atoms with Gasteiger partial charge in [-0.2, -0.15) is 0 Å². The smallest absolute Gasteiger partial charge is 0.319 e. The van der Waals surface area contributed by atoms with Gasteiger partial charge in [0.1, 0.15) is 0 Å². The minimum Gasteiger partial charge on any atom is -0.337 e. The van der Waals surface area contributed by atoms with E-state index in [9.17, 15) is 14.2 Å². The first kappa shape index (κ1) is 24.6. The van der Waals surface area contributed by atoms with Crippen LogP contribution in [0.3, 0.4) is 0 Å². The molecule has 0 N–H and O–H groups in total. The van der Waals surface area contributed by atoms with Gasteiger partial charge >= 0.3 is 8.25 Å². The molecule has 0 heterocycles. The molecule has 0 aromatic heterocycles. The highest BCUT2D eigenvalue weighted by Gasteiger charge is 2.12. The Morgan fingerprint density at radius 3 is 1.54 bits per heavy atom. The molecule has 0 bridgehead atoms. The summed E-state index contributed by atoms with van der Waals surface area (Å²) in [7, 11) is -2.66. The molecular weight excluding hydrogens is 355 g/mol. The van der Waals surface area contributed by atoms with Gasteiger partial charge in [-0.3, -0.25) is 14.2 Å². The normalized spacial score (nSPS) is 10.6. The molecule has 0 aliphatic rings. The number of nitrogens with zero attached hydrogens (tertiary/aromatic N) is 2. The van der Waals surface area contributed by atoms with Crippen LogP contribution in [-0.4, -0.2) is 61.0 Å². The van der Waals surface area contributed by atoms with Crippen molar-refractivity contribution in [3.8, 4) is 0 Å². The van der Waals surface area contributed by atoms with Gasteiger partial charge in [-0.25, -0.2) is 0 Å². The van der Waals surface area contributed by atoms with Gasteiger partial charge in [0.25, 0.3) is 0 Å². The SMILES string of the molecule is C=CC(=O)N(CCCC)CCO[PH](=O)OCCN(CCCC)C(=O)C=C. The van der Waals surface area contributed by atoms with Crippen LogP contribution in [0.25, 0.3) is 0 Å². The molecule has 0 unspecified atom stereocenters. The third-order valence-electron chi connectivity index (χ3n) is 3.70. The summed E-state index contributed by atoms with van der Waals surface area (Å²) in [5, 5.41) is 0. The van der Waals surface area contributed by atoms with Crippen LogP contribution in [0.1, 0.15) is 39.5 Å². The molecule has 150 valence electrons. The molecule has 0 atom stereocenters. The summed E-state index contributed by atoms with van der Waals surface area (Å²) in [6, 6.07) is 0. The minimum absolute atomic E-state index is 0.131. The van der Waals surface area contributed by atoms with Crippen molar-refractivity contribution in [3.63, 3.8) is 0 Å². The Bertz CT molecular complexity index is 430. The van der Waals surface area contributed by atoms with Crippen molar-refractivity contribution >= 4 is 20.1 Å². The van der Waals surface area contributed by atoms with Gasteiger partial charge in [-0.15, -0.1) is 0 Å². The van der Waals surface area contributed by atoms with E-state index in [1.807, 2.05) is 13.8 Å². The lowest BCUT2D eigenvalue weighted by Gasteiger charge is -2.21. The Labute approximate surface area is 158 Å². The van der Waals surface area contributed by atoms with Crippen LogP contribution in [0.5, 0.6) is 0 Å². The number of carbonyl (C=O) groups excluding carboxylic acids is 2. The van der Waals surface area contributed by atoms with E-state index < -0.39 is 8.25 Å². The molecule has 0 aliphatic carbocycles. The van der Waals surface area contributed by atoms with E-state index >= 15 is 0 Å². The van der Waals surface area contributed by atoms with Crippen molar-refractivity contribution in [1.29, 1.82) is 0 Å². The second kappa shape index (κ2) is 15.8. The van der Waals surface area contributed by atoms with Crippen LogP contribution in [0.15, 0.2) is 25.3 Å². The standard InChI is InChI=1S/C18H33N2O5P/c1-5-9-11-19(17(21)7-3)13-15-24-26(23)25-16-14-20(12-10-6-2)18(22)8-4/h7-8,26H,3-6,9-16H2,1-2H3. The Balaban J connectivity index is 4.16. The average Bonchev–Trinajstić information content (AvgIpc) is 2.65. The van der Waals surface area contributed by atoms with E-state index in [-0.39, 0.29) is 25.0 Å². The number of amides is 2. The molecule has 0 fully saturated rings. The first-order chi connectivity index (χ1) is 12.5. The Morgan fingerprint density at radius 2 is 1.23 bits per heavy atom. The molecule has 0 saturated carbocycles. The molecule has 0 rings (SSSR count). The highest BCUT2D eigenvalue weighted by molar-refractivity contribution is 7.33. The molecule has 0 aromatic rings. The molecule has 0 aromatic carbocycles. The fourth-order valence-corrected chi connectivity index (χ4v) is 2.74. The van der Waals surface area contributed by atoms with Crippen molar-refractivity contribution in [1.82, 2.24) is 9.80 Å². The lowest BCUT2D eigenvalue weighted by atomic mass is 10.3. The predicted molar refractivity (Wildman–Crippen MR) is 104 cm³/mol. The van der Waals surface area contributed by atoms with Gasteiger partial charge in [0.05, 0.1) is 13.2 Å². The quantitative estimate of drug-likeness (QED) is 0.300. The third kappa shape index (κ3) is 11.2. The van der Waals surface area contributed by atoms with Crippen molar-refractivity contribution in [2.45, 2.75) is 39.5 Å². The van der Waals surface area contributed by atoms with E-state index in [1.54, 1.807) is 9.80 Å². The Morgan fingerprint density at radius 1 is 0.846 bits per heavy atom. The predicted octanol–water partition coefficient (Wildman–Crippen LogP) is 3.04. The minimum atomic E-state index is -2.66. The first-order valence-corrected chi connectivity index (χ1v) is 10.3. The number of unbranched alkanes of at least 4 members (excludes halogenated alkanes) is 2. The van der Waals surface area contributed by atoms with Gasteiger partial charge in [0, 0.05) is 26.2 Å². The molecule has 2 amide bonds. The zero-order valence-electron chi connectivity index (χ0n) is 16.1. The highest BCUT2D eigenvalue weighted by atomic mass is 31.1. The molecular formula is C18H33N2O5P. The average molecular weight is 388 g/mol. The summed E-state index contributed by atoms with van der Waals surface area (Å²) in [6.45, 7) is 13.2. The van der Waals surface area contributed by atoms with Crippen LogP contribution in [0, 0.1) is 0 Å². The maximum absolute atomic E-state index is 11.8. The van der Waals surface area contributed by atoms with E-state index in [0.29, 0.717) is 26.2 Å². The van der Waals surface area contributed by atoms with Crippen molar-refractivity contribution in [3.05, 3.63) is 25.3 Å². The molecule has 0 spiro atoms. The molecule has 0 aliphatic heterocycles. The molecule has 0 saturated heterocycles. The largest absolute Gasteiger partial charge is 0.337 e. The summed E-state index contributed by atoms with van der Waals surface area (Å²) in [4.78, 5) is 26.7. The first-order valence-electron chi connectivity index (χ1n) is 9.12. The van der Waals surface area contributed by atoms with Crippen LogP contribution >= 0.6 is 8.25 Å². The van der Waals surface area contributed by atoms with Crippen LogP contribution in [0.4, 0.5) is 0 Å². The summed E-state index contributed by atoms with van der Waals surface area (Å²) < 4.78 is 22.1. The van der Waals surface area contributed by atoms with Crippen molar-refractivity contribution < 1.29 is 23.2 Å². The maximum atomic E-state index is 11.8. The highest BCUT2D eigenvalue weighted by Crippen LogP contribution is 2.23. The number of hydrogen-bond donors (Lipinski definition) is 0. The van der Waals surface area contributed by atoms with Gasteiger partial charge in [-0.05, 0) is 25.0 Å². The summed E-state index contributed by atoms with van der Waals surface area (Å²) >= 11 is 0. The summed E-state index contributed by atoms with van der Waals surface area (Å²) in [6.07, 6.45) is 6.23. The van der Waals surface area contributed by atoms with E-state index in [1.165, 1.54) is 12.2 Å². The van der Waals surface area contributed by atoms with E-state index in [2.05, 4.69) is 13.2 Å². The number of carbonyl (C=O) groups is 2. The third-order valence-corrected chi connectivity index (χ3v) is 4.58. The van der Waals surface area contributed by atoms with Crippen molar-refractivity contribution in [2.75, 3.05) is 39.4 Å². The maximum Gasteiger partial charge on any atom is 0.319 e. The van der Waals surface area contributed by atoms with Gasteiger partial charge < -0.3 is 18.8 Å². The van der Waals surface area contributed by atoms with Crippen molar-refractivity contribution in [2.24, 2.45) is 0 Å². The Hall–Kier alpha value is -1.43. The van der Waals surface area contributed by atoms with Crippen LogP contribution in [0.2, 0.25) is 0 Å². The monoisotopic (exact) mass is 388 g/mol. The molecule has 0 radical (unpaired) electrons. The topological polar surface area (TPSA) is 76.2 Å². The lowest BCUT2D eigenvalue weighted by Crippen LogP contribution is -2.33. The molecule has 8 heteroatoms. The van der Waals surface area contributed by atoms with Gasteiger partial charge in [0.15, 0.2) is 0 Å². The second-order valence-corrected chi connectivity index (χ2v) is 6.79. The summed E-state index contributed by atoms with van der Waals surface area (Å²) in [5.41, 5.74) is 0. The fourth-order valence-electron chi connectivity index (χ4n) is 2.14. The second-order valence-electron chi connectivity index (χ2n) is 5.71. The molecule has 7 nitrogen and oxygen atoms in total. The van der Waals surface area contributed by atoms with E-state index in [4.69, 9.17) is 9.05 Å². The number of hydrogen-bond acceptors (Lipinski definition) is 5. The molecule has 26 heavy (non-hydrogen) atoms. The lowest BCUT2D eigenvalue weighted by molar-refractivity contribution is -0.127. The number of rotatable bonds is 16. The van der Waals surface area contributed by atoms with Gasteiger partial charge in [0.2, 0.25) is 11.8 Å². The fraction of sp³-hybridized carbons (Fsp3) is 0.667. The van der Waals surface area contributed by atoms with E-state index in [0.717, 1.165) is 25.7 Å². The zero-order chi connectivity index (χ0) is 19.8. The van der Waals surface area contributed by atoms with Crippen LogP contribution in [-0.2, 0) is 23.2 Å². The zero-order valence-corrected chi connectivity index (χ0v) is 17.1. The summed E-state index contributed by atoms with van der Waals surface area (Å²) in [5.74, 6) is -0.339. The Kier molecular flexibility index (Phi) is 14.9. The van der Waals surface area contributed by atoms with Crippen LogP contribution < -0.4 is 0 Å². The van der Waals surface area contributed by atoms with Gasteiger partial charge in [-0.1, -0.05) is 39.8 Å².